The molecule has 0 atom stereocenters. The number of rotatable bonds is 8. The maximum absolute atomic E-state index is 11.6. The molecule has 12 nitrogen and oxygen atoms in total. The highest BCUT2D eigenvalue weighted by Crippen LogP contribution is 2.21. The van der Waals surface area contributed by atoms with Crippen molar-refractivity contribution < 1.29 is 38.4 Å². The van der Waals surface area contributed by atoms with Crippen LogP contribution in [0.1, 0.15) is 39.0 Å². The molecule has 35 heavy (non-hydrogen) atoms. The lowest BCUT2D eigenvalue weighted by Gasteiger charge is -2.32. The molecule has 0 aromatic rings. The van der Waals surface area contributed by atoms with Gasteiger partial charge in [0.15, 0.2) is 0 Å². The topological polar surface area (TPSA) is 167 Å². The molecule has 12 heteroatoms. The zero-order valence-electron chi connectivity index (χ0n) is 18.7. The zero-order valence-corrected chi connectivity index (χ0v) is 18.7. The fourth-order valence-electron chi connectivity index (χ4n) is 3.79. The van der Waals surface area contributed by atoms with E-state index >= 15 is 0 Å². The van der Waals surface area contributed by atoms with E-state index in [9.17, 15) is 38.4 Å². The number of carbonyl (C=O) groups is 8. The SMILES string of the molecule is CCCC(N1C(=O)C=CC1=O)N1C(=O)C=CC1=O.O=C1C=C(CCCC2=CC(=O)NC2=O)C(=O)N1. The first-order valence-corrected chi connectivity index (χ1v) is 10.8. The molecule has 0 bridgehead atoms. The molecular weight excluding hydrogens is 460 g/mol. The van der Waals surface area contributed by atoms with Crippen molar-refractivity contribution in [2.45, 2.75) is 45.2 Å². The molecule has 4 aliphatic rings. The number of hydrogen-bond donors (Lipinski definition) is 2. The Bertz CT molecular complexity index is 1040. The second-order valence-corrected chi connectivity index (χ2v) is 7.86. The van der Waals surface area contributed by atoms with E-state index in [1.807, 2.05) is 6.92 Å². The first-order valence-electron chi connectivity index (χ1n) is 10.8. The summed E-state index contributed by atoms with van der Waals surface area (Å²) in [4.78, 5) is 92.4. The normalized spacial score (nSPS) is 19.0. The van der Waals surface area contributed by atoms with Crippen molar-refractivity contribution in [1.29, 1.82) is 0 Å². The third kappa shape index (κ3) is 5.72. The molecule has 4 aliphatic heterocycles. The summed E-state index contributed by atoms with van der Waals surface area (Å²) in [5.41, 5.74) is 0.834. The van der Waals surface area contributed by atoms with Gasteiger partial charge in [-0.25, -0.2) is 0 Å². The number of hydrogen-bond acceptors (Lipinski definition) is 8. The maximum Gasteiger partial charge on any atom is 0.255 e. The highest BCUT2D eigenvalue weighted by atomic mass is 16.2. The maximum atomic E-state index is 11.6. The Morgan fingerprint density at radius 3 is 1.31 bits per heavy atom. The summed E-state index contributed by atoms with van der Waals surface area (Å²) >= 11 is 0. The van der Waals surface area contributed by atoms with Crippen LogP contribution in [0, 0.1) is 0 Å². The summed E-state index contributed by atoms with van der Waals surface area (Å²) in [6.07, 6.45) is 8.63. The fraction of sp³-hybridized carbons (Fsp3) is 0.304. The van der Waals surface area contributed by atoms with Crippen LogP contribution in [0.3, 0.4) is 0 Å². The van der Waals surface area contributed by atoms with Gasteiger partial charge in [-0.1, -0.05) is 13.3 Å². The zero-order chi connectivity index (χ0) is 25.7. The van der Waals surface area contributed by atoms with E-state index < -0.39 is 41.6 Å². The lowest BCUT2D eigenvalue weighted by atomic mass is 10.0. The van der Waals surface area contributed by atoms with Crippen LogP contribution in [0.25, 0.3) is 0 Å². The smallest absolute Gasteiger partial charge is 0.255 e. The van der Waals surface area contributed by atoms with Crippen LogP contribution in [0.4, 0.5) is 0 Å². The van der Waals surface area contributed by atoms with Gasteiger partial charge in [-0.05, 0) is 25.7 Å². The van der Waals surface area contributed by atoms with Gasteiger partial charge in [0.25, 0.3) is 47.3 Å². The average molecular weight is 482 g/mol. The molecule has 182 valence electrons. The van der Waals surface area contributed by atoms with Crippen molar-refractivity contribution in [3.63, 3.8) is 0 Å². The van der Waals surface area contributed by atoms with Crippen LogP contribution >= 0.6 is 0 Å². The summed E-state index contributed by atoms with van der Waals surface area (Å²) in [7, 11) is 0. The van der Waals surface area contributed by atoms with Gasteiger partial charge < -0.3 is 0 Å². The van der Waals surface area contributed by atoms with Crippen molar-refractivity contribution in [2.24, 2.45) is 0 Å². The van der Waals surface area contributed by atoms with Crippen LogP contribution in [0.2, 0.25) is 0 Å². The standard InChI is InChI=1S/C12H12N2O4.C11H10N2O4/c1-2-3-8(13-9(15)4-5-10(13)16)14-11(17)6-7-12(14)18;14-8-4-6(10(16)12-8)2-1-3-7-5-9(15)13-11(7)17/h4-8H,2-3H2,1H3;4-5H,1-3H2,(H,12,14,16)(H,13,15,17). The molecule has 0 aromatic carbocycles. The third-order valence-electron chi connectivity index (χ3n) is 5.39. The Morgan fingerprint density at radius 2 is 1.03 bits per heavy atom. The summed E-state index contributed by atoms with van der Waals surface area (Å²) in [5, 5.41) is 4.29. The summed E-state index contributed by atoms with van der Waals surface area (Å²) in [6.45, 7) is 1.85. The van der Waals surface area contributed by atoms with E-state index in [-0.39, 0.29) is 11.8 Å². The molecular formula is C23H22N4O8. The molecule has 0 radical (unpaired) electrons. The van der Waals surface area contributed by atoms with Gasteiger partial charge in [0.1, 0.15) is 6.17 Å². The fourth-order valence-corrected chi connectivity index (χ4v) is 3.79. The number of amides is 8. The molecule has 0 fully saturated rings. The van der Waals surface area contributed by atoms with Crippen LogP contribution in [-0.2, 0) is 38.4 Å². The van der Waals surface area contributed by atoms with Crippen molar-refractivity contribution >= 4 is 47.3 Å². The average Bonchev–Trinajstić information content (AvgIpc) is 3.50. The minimum Gasteiger partial charge on any atom is -0.289 e. The molecule has 2 N–H and O–H groups in total. The number of nitrogens with zero attached hydrogens (tertiary/aromatic N) is 2. The Morgan fingerprint density at radius 1 is 0.657 bits per heavy atom. The van der Waals surface area contributed by atoms with E-state index in [1.165, 1.54) is 12.2 Å². The summed E-state index contributed by atoms with van der Waals surface area (Å²) in [5.74, 6) is -3.54. The molecule has 0 saturated heterocycles. The third-order valence-corrected chi connectivity index (χ3v) is 5.39. The summed E-state index contributed by atoms with van der Waals surface area (Å²) < 4.78 is 0. The molecule has 4 heterocycles. The molecule has 0 unspecified atom stereocenters. The minimum absolute atomic E-state index is 0.373. The van der Waals surface area contributed by atoms with E-state index in [4.69, 9.17) is 0 Å². The van der Waals surface area contributed by atoms with Gasteiger partial charge in [0.2, 0.25) is 0 Å². The number of nitrogens with one attached hydrogen (secondary N) is 2. The molecule has 0 saturated carbocycles. The second kappa shape index (κ2) is 10.6. The lowest BCUT2D eigenvalue weighted by molar-refractivity contribution is -0.152. The Hall–Kier alpha value is -4.48. The first kappa shape index (κ1) is 25.1. The Kier molecular flexibility index (Phi) is 7.64. The predicted molar refractivity (Wildman–Crippen MR) is 117 cm³/mol. The summed E-state index contributed by atoms with van der Waals surface area (Å²) in [6, 6.07) is 0. The Labute approximate surface area is 199 Å². The quantitative estimate of drug-likeness (QED) is 0.428. The van der Waals surface area contributed by atoms with Crippen LogP contribution in [-0.4, -0.2) is 63.2 Å². The van der Waals surface area contributed by atoms with Crippen molar-refractivity contribution in [1.82, 2.24) is 20.4 Å². The van der Waals surface area contributed by atoms with Crippen LogP contribution in [0.15, 0.2) is 47.6 Å². The predicted octanol–water partition coefficient (Wildman–Crippen LogP) is -0.715. The van der Waals surface area contributed by atoms with E-state index in [0.717, 1.165) is 34.1 Å². The monoisotopic (exact) mass is 482 g/mol. The van der Waals surface area contributed by atoms with Crippen molar-refractivity contribution in [3.8, 4) is 0 Å². The number of carbonyl (C=O) groups excluding carboxylic acids is 8. The van der Waals surface area contributed by atoms with Gasteiger partial charge in [-0.3, -0.25) is 58.8 Å². The van der Waals surface area contributed by atoms with Crippen LogP contribution in [0.5, 0.6) is 0 Å². The first-order chi connectivity index (χ1) is 16.6. The minimum atomic E-state index is -0.833. The second-order valence-electron chi connectivity index (χ2n) is 7.86. The van der Waals surface area contributed by atoms with Gasteiger partial charge in [0.05, 0.1) is 0 Å². The largest absolute Gasteiger partial charge is 0.289 e. The Balaban J connectivity index is 0.000000196. The van der Waals surface area contributed by atoms with Gasteiger partial charge in [0, 0.05) is 47.6 Å². The van der Waals surface area contributed by atoms with E-state index in [1.54, 1.807) is 0 Å². The van der Waals surface area contributed by atoms with E-state index in [2.05, 4.69) is 10.6 Å². The molecule has 0 spiro atoms. The lowest BCUT2D eigenvalue weighted by Crippen LogP contribution is -2.53. The molecule has 0 aliphatic carbocycles. The van der Waals surface area contributed by atoms with Gasteiger partial charge >= 0.3 is 0 Å². The van der Waals surface area contributed by atoms with E-state index in [0.29, 0.717) is 43.3 Å². The van der Waals surface area contributed by atoms with Gasteiger partial charge in [-0.2, -0.15) is 0 Å². The van der Waals surface area contributed by atoms with Crippen LogP contribution < -0.4 is 10.6 Å². The van der Waals surface area contributed by atoms with Gasteiger partial charge in [-0.15, -0.1) is 0 Å². The highest BCUT2D eigenvalue weighted by Gasteiger charge is 2.40. The molecule has 0 aromatic heterocycles. The van der Waals surface area contributed by atoms with Crippen molar-refractivity contribution in [3.05, 3.63) is 47.6 Å². The number of imide groups is 4. The van der Waals surface area contributed by atoms with Crippen molar-refractivity contribution in [2.75, 3.05) is 0 Å². The molecule has 4 rings (SSSR count). The highest BCUT2D eigenvalue weighted by molar-refractivity contribution is 6.17. The molecule has 8 amide bonds.